The van der Waals surface area contributed by atoms with Crippen LogP contribution in [-0.2, 0) is 19.2 Å². The summed E-state index contributed by atoms with van der Waals surface area (Å²) in [5.41, 5.74) is 0. The highest BCUT2D eigenvalue weighted by Gasteiger charge is 2.37. The first kappa shape index (κ1) is 10.9. The van der Waals surface area contributed by atoms with Crippen LogP contribution in [0.3, 0.4) is 0 Å². The zero-order chi connectivity index (χ0) is 11.6. The standard InChI is InChI=1S/C8H7NO6/c10-5-1-2-6(11)9(5)4(8(14)15)3-7(12)13/h1-2,4H,3H2,(H,12,13)(H,14,15)/t4-/m0/s1. The third-order valence-corrected chi connectivity index (χ3v) is 1.81. The van der Waals surface area contributed by atoms with Gasteiger partial charge in [-0.1, -0.05) is 0 Å². The fourth-order valence-electron chi connectivity index (χ4n) is 1.17. The smallest absolute Gasteiger partial charge is 0.327 e. The number of carboxylic acid groups (broad SMARTS) is 2. The topological polar surface area (TPSA) is 112 Å². The average molecular weight is 213 g/mol. The Morgan fingerprint density at radius 1 is 1.20 bits per heavy atom. The van der Waals surface area contributed by atoms with Crippen LogP contribution in [0.5, 0.6) is 0 Å². The number of nitrogens with zero attached hydrogens (tertiary/aromatic N) is 1. The maximum absolute atomic E-state index is 11.1. The molecule has 1 aliphatic heterocycles. The number of hydrogen-bond acceptors (Lipinski definition) is 4. The van der Waals surface area contributed by atoms with Crippen molar-refractivity contribution in [1.82, 2.24) is 4.90 Å². The van der Waals surface area contributed by atoms with Gasteiger partial charge >= 0.3 is 11.9 Å². The second-order valence-electron chi connectivity index (χ2n) is 2.83. The van der Waals surface area contributed by atoms with Crippen molar-refractivity contribution in [2.24, 2.45) is 0 Å². The SMILES string of the molecule is O=C(O)C[C@@H](C(=O)O)N1C(=O)C=CC1=O. The number of carboxylic acids is 2. The molecular weight excluding hydrogens is 206 g/mol. The summed E-state index contributed by atoms with van der Waals surface area (Å²) in [5, 5.41) is 17.1. The van der Waals surface area contributed by atoms with Gasteiger partial charge in [0.2, 0.25) is 0 Å². The number of rotatable bonds is 4. The highest BCUT2D eigenvalue weighted by atomic mass is 16.4. The van der Waals surface area contributed by atoms with E-state index in [1.54, 1.807) is 0 Å². The van der Waals surface area contributed by atoms with Crippen LogP contribution >= 0.6 is 0 Å². The summed E-state index contributed by atoms with van der Waals surface area (Å²) >= 11 is 0. The fourth-order valence-corrected chi connectivity index (χ4v) is 1.17. The van der Waals surface area contributed by atoms with E-state index in [2.05, 4.69) is 0 Å². The van der Waals surface area contributed by atoms with Gasteiger partial charge in [-0.05, 0) is 0 Å². The van der Waals surface area contributed by atoms with Crippen molar-refractivity contribution >= 4 is 23.8 Å². The van der Waals surface area contributed by atoms with Gasteiger partial charge < -0.3 is 10.2 Å². The van der Waals surface area contributed by atoms with Crippen LogP contribution in [0.15, 0.2) is 12.2 Å². The Kier molecular flexibility index (Phi) is 2.84. The second-order valence-corrected chi connectivity index (χ2v) is 2.83. The van der Waals surface area contributed by atoms with Crippen LogP contribution in [0, 0.1) is 0 Å². The molecule has 0 spiro atoms. The van der Waals surface area contributed by atoms with Crippen LogP contribution < -0.4 is 0 Å². The molecule has 2 N–H and O–H groups in total. The van der Waals surface area contributed by atoms with Gasteiger partial charge in [0.05, 0.1) is 6.42 Å². The van der Waals surface area contributed by atoms with Crippen molar-refractivity contribution in [3.05, 3.63) is 12.2 Å². The molecule has 0 aromatic carbocycles. The van der Waals surface area contributed by atoms with E-state index in [0.717, 1.165) is 12.2 Å². The van der Waals surface area contributed by atoms with E-state index in [0.29, 0.717) is 4.90 Å². The lowest BCUT2D eigenvalue weighted by atomic mass is 10.2. The van der Waals surface area contributed by atoms with E-state index in [1.807, 2.05) is 0 Å². The van der Waals surface area contributed by atoms with Crippen LogP contribution in [0.2, 0.25) is 0 Å². The molecule has 0 aliphatic carbocycles. The summed E-state index contributed by atoms with van der Waals surface area (Å²) in [7, 11) is 0. The van der Waals surface area contributed by atoms with E-state index in [9.17, 15) is 19.2 Å². The van der Waals surface area contributed by atoms with Crippen molar-refractivity contribution in [2.45, 2.75) is 12.5 Å². The average Bonchev–Trinajstić information content (AvgIpc) is 2.42. The van der Waals surface area contributed by atoms with Crippen LogP contribution in [0.25, 0.3) is 0 Å². The first-order valence-electron chi connectivity index (χ1n) is 3.93. The highest BCUT2D eigenvalue weighted by Crippen LogP contribution is 2.12. The number of carbonyl (C=O) groups is 4. The quantitative estimate of drug-likeness (QED) is 0.569. The molecule has 0 saturated heterocycles. The Bertz CT molecular complexity index is 353. The summed E-state index contributed by atoms with van der Waals surface area (Å²) in [6.45, 7) is 0. The maximum Gasteiger partial charge on any atom is 0.327 e. The van der Waals surface area contributed by atoms with Gasteiger partial charge in [-0.3, -0.25) is 19.3 Å². The lowest BCUT2D eigenvalue weighted by molar-refractivity contribution is -0.156. The van der Waals surface area contributed by atoms with Crippen LogP contribution in [0.4, 0.5) is 0 Å². The van der Waals surface area contributed by atoms with E-state index in [-0.39, 0.29) is 0 Å². The van der Waals surface area contributed by atoms with Gasteiger partial charge in [-0.2, -0.15) is 0 Å². The van der Waals surface area contributed by atoms with Gasteiger partial charge in [0, 0.05) is 12.2 Å². The first-order valence-corrected chi connectivity index (χ1v) is 3.93. The van der Waals surface area contributed by atoms with Crippen molar-refractivity contribution in [2.75, 3.05) is 0 Å². The Balaban J connectivity index is 2.90. The van der Waals surface area contributed by atoms with Crippen LogP contribution in [0.1, 0.15) is 6.42 Å². The fraction of sp³-hybridized carbons (Fsp3) is 0.250. The second kappa shape index (κ2) is 3.91. The molecule has 0 unspecified atom stereocenters. The zero-order valence-corrected chi connectivity index (χ0v) is 7.41. The molecule has 0 bridgehead atoms. The Morgan fingerprint density at radius 3 is 2.00 bits per heavy atom. The van der Waals surface area contributed by atoms with Crippen molar-refractivity contribution < 1.29 is 29.4 Å². The number of amides is 2. The maximum atomic E-state index is 11.1. The van der Waals surface area contributed by atoms with E-state index in [4.69, 9.17) is 10.2 Å². The molecule has 0 radical (unpaired) electrons. The van der Waals surface area contributed by atoms with Gasteiger partial charge in [-0.25, -0.2) is 4.79 Å². The van der Waals surface area contributed by atoms with Crippen molar-refractivity contribution in [3.63, 3.8) is 0 Å². The molecule has 2 amide bonds. The predicted molar refractivity (Wildman–Crippen MR) is 44.7 cm³/mol. The lowest BCUT2D eigenvalue weighted by Crippen LogP contribution is -2.46. The normalized spacial score (nSPS) is 16.9. The van der Waals surface area contributed by atoms with Gasteiger partial charge in [0.1, 0.15) is 6.04 Å². The number of aliphatic carboxylic acids is 2. The number of imide groups is 1. The summed E-state index contributed by atoms with van der Waals surface area (Å²) in [4.78, 5) is 43.6. The molecule has 7 nitrogen and oxygen atoms in total. The Hall–Kier alpha value is -2.18. The largest absolute Gasteiger partial charge is 0.481 e. The molecular formula is C8H7NO6. The number of carbonyl (C=O) groups excluding carboxylic acids is 2. The van der Waals surface area contributed by atoms with Gasteiger partial charge in [0.15, 0.2) is 0 Å². The predicted octanol–water partition coefficient (Wildman–Crippen LogP) is -1.16. The minimum Gasteiger partial charge on any atom is -0.481 e. The van der Waals surface area contributed by atoms with Crippen LogP contribution in [-0.4, -0.2) is 44.9 Å². The summed E-state index contributed by atoms with van der Waals surface area (Å²) in [6.07, 6.45) is 0.995. The van der Waals surface area contributed by atoms with Crippen molar-refractivity contribution in [1.29, 1.82) is 0 Å². The van der Waals surface area contributed by atoms with E-state index < -0.39 is 36.2 Å². The molecule has 7 heteroatoms. The molecule has 0 fully saturated rings. The summed E-state index contributed by atoms with van der Waals surface area (Å²) in [6, 6.07) is -1.66. The first-order chi connectivity index (χ1) is 6.93. The molecule has 0 aromatic heterocycles. The molecule has 1 heterocycles. The van der Waals surface area contributed by atoms with Crippen molar-refractivity contribution in [3.8, 4) is 0 Å². The molecule has 0 aromatic rings. The highest BCUT2D eigenvalue weighted by molar-refractivity contribution is 6.15. The molecule has 15 heavy (non-hydrogen) atoms. The molecule has 1 atom stereocenters. The van der Waals surface area contributed by atoms with E-state index >= 15 is 0 Å². The number of hydrogen-bond donors (Lipinski definition) is 2. The van der Waals surface area contributed by atoms with Gasteiger partial charge in [0.25, 0.3) is 11.8 Å². The molecule has 1 rings (SSSR count). The minimum atomic E-state index is -1.66. The molecule has 1 aliphatic rings. The lowest BCUT2D eigenvalue weighted by Gasteiger charge is -2.20. The Morgan fingerprint density at radius 2 is 1.67 bits per heavy atom. The summed E-state index contributed by atoms with van der Waals surface area (Å²) < 4.78 is 0. The third-order valence-electron chi connectivity index (χ3n) is 1.81. The molecule has 80 valence electrons. The molecule has 0 saturated carbocycles. The monoisotopic (exact) mass is 213 g/mol. The van der Waals surface area contributed by atoms with Gasteiger partial charge in [-0.15, -0.1) is 0 Å². The zero-order valence-electron chi connectivity index (χ0n) is 7.41. The minimum absolute atomic E-state index is 0.413. The summed E-state index contributed by atoms with van der Waals surface area (Å²) in [5.74, 6) is -4.54. The van der Waals surface area contributed by atoms with E-state index in [1.165, 1.54) is 0 Å². The third kappa shape index (κ3) is 2.19. The Labute approximate surface area is 83.6 Å².